The molecule has 1 amide bonds. The Hall–Kier alpha value is -1.48. The van der Waals surface area contributed by atoms with E-state index in [-0.39, 0.29) is 12.8 Å². The quantitative estimate of drug-likeness (QED) is 0.0461. The van der Waals surface area contributed by atoms with Crippen LogP contribution in [0.3, 0.4) is 0 Å². The summed E-state index contributed by atoms with van der Waals surface area (Å²) in [5, 5.41) is 73.1. The van der Waals surface area contributed by atoms with Crippen LogP contribution >= 0.6 is 7.82 Å². The van der Waals surface area contributed by atoms with Crippen molar-refractivity contribution >= 4 is 13.7 Å². The van der Waals surface area contributed by atoms with Gasteiger partial charge in [-0.2, -0.15) is 0 Å². The average molecular weight is 652 g/mol. The second kappa shape index (κ2) is 22.1. The summed E-state index contributed by atoms with van der Waals surface area (Å²) in [5.74, 6) is -0.649. The van der Waals surface area contributed by atoms with Gasteiger partial charge >= 0.3 is 7.82 Å². The van der Waals surface area contributed by atoms with Crippen LogP contribution in [0.2, 0.25) is 0 Å². The Balaban J connectivity index is 2.83. The van der Waals surface area contributed by atoms with Crippen LogP contribution in [0, 0.1) is 0 Å². The van der Waals surface area contributed by atoms with E-state index < -0.39 is 75.2 Å². The van der Waals surface area contributed by atoms with Crippen LogP contribution in [0.15, 0.2) is 36.5 Å². The van der Waals surface area contributed by atoms with Crippen LogP contribution in [0.4, 0.5) is 0 Å². The number of phosphoric ester groups is 1. The Kier molecular flexibility index (Phi) is 20.4. The zero-order chi connectivity index (χ0) is 33.1. The van der Waals surface area contributed by atoms with Gasteiger partial charge in [-0.25, -0.2) is 4.57 Å². The number of amides is 1. The van der Waals surface area contributed by atoms with Gasteiger partial charge in [-0.1, -0.05) is 76.0 Å². The number of phosphoric acid groups is 1. The second-order valence-corrected chi connectivity index (χ2v) is 12.5. The summed E-state index contributed by atoms with van der Waals surface area (Å²) in [6, 6.07) is -1.26. The minimum Gasteiger partial charge on any atom is -0.392 e. The summed E-state index contributed by atoms with van der Waals surface area (Å²) in [6.45, 7) is 3.43. The van der Waals surface area contributed by atoms with E-state index in [2.05, 4.69) is 19.2 Å². The van der Waals surface area contributed by atoms with Gasteiger partial charge in [0.15, 0.2) is 0 Å². The highest BCUT2D eigenvalue weighted by Crippen LogP contribution is 2.47. The lowest BCUT2D eigenvalue weighted by atomic mass is 9.85. The normalized spacial score (nSPS) is 28.0. The SMILES string of the molecule is CCC/C=C/CC/C=C/C(O)C(COP(=O)(O)OC1C(O)C(O)C(O)C(O)C1O)NC(=O)CC(O)C/C=C\CCCCCC. The predicted octanol–water partition coefficient (Wildman–Crippen LogP) is 1.51. The monoisotopic (exact) mass is 651 g/mol. The molecule has 0 saturated heterocycles. The van der Waals surface area contributed by atoms with Crippen LogP contribution < -0.4 is 5.32 Å². The van der Waals surface area contributed by atoms with Crippen molar-refractivity contribution in [3.8, 4) is 0 Å². The van der Waals surface area contributed by atoms with Crippen LogP contribution in [0.5, 0.6) is 0 Å². The van der Waals surface area contributed by atoms with Crippen molar-refractivity contribution in [2.75, 3.05) is 6.61 Å². The van der Waals surface area contributed by atoms with Crippen LogP contribution in [-0.4, -0.2) is 108 Å². The Labute approximate surface area is 260 Å². The number of aliphatic hydroxyl groups excluding tert-OH is 7. The van der Waals surface area contributed by atoms with E-state index in [0.29, 0.717) is 12.8 Å². The molecule has 1 saturated carbocycles. The molecule has 14 heteroatoms. The highest BCUT2D eigenvalue weighted by atomic mass is 31.2. The van der Waals surface area contributed by atoms with E-state index in [0.717, 1.165) is 44.9 Å². The average Bonchev–Trinajstić information content (AvgIpc) is 2.98. The van der Waals surface area contributed by atoms with Gasteiger partial charge in [0.2, 0.25) is 5.91 Å². The fourth-order valence-electron chi connectivity index (χ4n) is 4.49. The highest BCUT2D eigenvalue weighted by Gasteiger charge is 2.51. The van der Waals surface area contributed by atoms with E-state index >= 15 is 0 Å². The van der Waals surface area contributed by atoms with Crippen molar-refractivity contribution < 1.29 is 59.0 Å². The third-order valence-corrected chi connectivity index (χ3v) is 8.16. The zero-order valence-corrected chi connectivity index (χ0v) is 26.7. The minimum absolute atomic E-state index is 0.245. The topological polar surface area (TPSA) is 226 Å². The summed E-state index contributed by atoms with van der Waals surface area (Å²) in [4.78, 5) is 22.9. The van der Waals surface area contributed by atoms with Gasteiger partial charge in [0, 0.05) is 0 Å². The first-order valence-corrected chi connectivity index (χ1v) is 17.0. The standard InChI is InChI=1S/C30H54NO12P/c1-3-5-7-9-11-13-15-17-21(32)19-24(34)31-22(23(33)18-16-14-12-10-8-6-4-2)20-42-44(40,41)43-30-28(38)26(36)25(35)27(37)29(30)39/h8,10,13,15-16,18,21-23,25-30,32-33,35-39H,3-7,9,11-12,14,17,19-20H2,1-2H3,(H,31,34)(H,40,41)/b10-8+,15-13-,18-16+. The number of rotatable bonds is 22. The molecule has 1 rings (SSSR count). The predicted molar refractivity (Wildman–Crippen MR) is 164 cm³/mol. The molecule has 0 aliphatic heterocycles. The van der Waals surface area contributed by atoms with Crippen LogP contribution in [-0.2, 0) is 18.4 Å². The Morgan fingerprint density at radius 2 is 1.39 bits per heavy atom. The molecular weight excluding hydrogens is 597 g/mol. The number of hydrogen-bond acceptors (Lipinski definition) is 11. The molecule has 8 unspecified atom stereocenters. The summed E-state index contributed by atoms with van der Waals surface area (Å²) >= 11 is 0. The van der Waals surface area contributed by atoms with E-state index in [4.69, 9.17) is 9.05 Å². The summed E-state index contributed by atoms with van der Waals surface area (Å²) < 4.78 is 22.4. The van der Waals surface area contributed by atoms with Gasteiger partial charge < -0.3 is 46.0 Å². The molecule has 9 N–H and O–H groups in total. The number of unbranched alkanes of at least 4 members (excludes halogenated alkanes) is 6. The smallest absolute Gasteiger partial charge is 0.392 e. The van der Waals surface area contributed by atoms with Crippen LogP contribution in [0.1, 0.15) is 84.5 Å². The van der Waals surface area contributed by atoms with Crippen LogP contribution in [0.25, 0.3) is 0 Å². The van der Waals surface area contributed by atoms with Gasteiger partial charge in [-0.15, -0.1) is 0 Å². The lowest BCUT2D eigenvalue weighted by Gasteiger charge is -2.41. The second-order valence-electron chi connectivity index (χ2n) is 11.1. The van der Waals surface area contributed by atoms with E-state index in [1.54, 1.807) is 12.2 Å². The number of nitrogens with one attached hydrogen (secondary N) is 1. The fourth-order valence-corrected chi connectivity index (χ4v) is 5.46. The van der Waals surface area contributed by atoms with Crippen molar-refractivity contribution in [3.05, 3.63) is 36.5 Å². The number of aliphatic hydroxyl groups is 7. The number of allylic oxidation sites excluding steroid dienone is 4. The molecule has 44 heavy (non-hydrogen) atoms. The largest absolute Gasteiger partial charge is 0.472 e. The molecule has 1 fully saturated rings. The van der Waals surface area contributed by atoms with E-state index in [1.807, 2.05) is 18.2 Å². The number of hydrogen-bond donors (Lipinski definition) is 9. The molecule has 256 valence electrons. The summed E-state index contributed by atoms with van der Waals surface area (Å²) in [6.07, 6.45) is 5.07. The molecule has 0 aromatic heterocycles. The molecule has 8 atom stereocenters. The maximum Gasteiger partial charge on any atom is 0.472 e. The first kappa shape index (κ1) is 40.5. The van der Waals surface area contributed by atoms with Crippen molar-refractivity contribution in [3.63, 3.8) is 0 Å². The molecule has 0 heterocycles. The maximum atomic E-state index is 12.7. The number of carbonyl (C=O) groups excluding carboxylic acids is 1. The Morgan fingerprint density at radius 3 is 2.02 bits per heavy atom. The Morgan fingerprint density at radius 1 is 0.795 bits per heavy atom. The van der Waals surface area contributed by atoms with Gasteiger partial charge in [0.1, 0.15) is 36.6 Å². The van der Waals surface area contributed by atoms with E-state index in [9.17, 15) is 50.0 Å². The van der Waals surface area contributed by atoms with E-state index in [1.165, 1.54) is 6.08 Å². The molecule has 0 radical (unpaired) electrons. The molecule has 0 aromatic carbocycles. The maximum absolute atomic E-state index is 12.7. The van der Waals surface area contributed by atoms with Crippen molar-refractivity contribution in [2.45, 2.75) is 139 Å². The lowest BCUT2D eigenvalue weighted by Crippen LogP contribution is -2.64. The molecule has 0 aromatic rings. The van der Waals surface area contributed by atoms with Crippen molar-refractivity contribution in [1.29, 1.82) is 0 Å². The first-order chi connectivity index (χ1) is 20.8. The molecule has 1 aliphatic carbocycles. The summed E-state index contributed by atoms with van der Waals surface area (Å²) in [7, 11) is -5.13. The molecular formula is C30H54NO12P. The number of carbonyl (C=O) groups is 1. The highest BCUT2D eigenvalue weighted by molar-refractivity contribution is 7.47. The van der Waals surface area contributed by atoms with Crippen molar-refractivity contribution in [2.24, 2.45) is 0 Å². The third-order valence-electron chi connectivity index (χ3n) is 7.18. The van der Waals surface area contributed by atoms with Gasteiger partial charge in [-0.3, -0.25) is 13.8 Å². The molecule has 0 spiro atoms. The molecule has 0 bridgehead atoms. The minimum atomic E-state index is -5.13. The first-order valence-electron chi connectivity index (χ1n) is 15.5. The van der Waals surface area contributed by atoms with Gasteiger partial charge in [-0.05, 0) is 38.5 Å². The van der Waals surface area contributed by atoms with Gasteiger partial charge in [0.25, 0.3) is 0 Å². The fraction of sp³-hybridized carbons (Fsp3) is 0.767. The van der Waals surface area contributed by atoms with Gasteiger partial charge in [0.05, 0.1) is 31.3 Å². The summed E-state index contributed by atoms with van der Waals surface area (Å²) in [5.41, 5.74) is 0. The lowest BCUT2D eigenvalue weighted by molar-refractivity contribution is -0.220. The third kappa shape index (κ3) is 15.7. The molecule has 1 aliphatic rings. The van der Waals surface area contributed by atoms with Crippen molar-refractivity contribution in [1.82, 2.24) is 5.32 Å². The molecule has 13 nitrogen and oxygen atoms in total. The Bertz CT molecular complexity index is 916. The zero-order valence-electron chi connectivity index (χ0n) is 25.8.